The lowest BCUT2D eigenvalue weighted by molar-refractivity contribution is 0.579. The second kappa shape index (κ2) is 8.86. The highest BCUT2D eigenvalue weighted by Gasteiger charge is 2.37. The number of nitrogens with zero attached hydrogens (tertiary/aromatic N) is 1. The standard InChI is InChI=1S/C26H22NOP/c28-29(24-17-9-3-10-18-24,25-19-11-4-12-20-25)26(23-15-7-2-8-16-23)27-21-22-13-5-1-6-14-22/h1-21,26H/t26-/m0/s1. The van der Waals surface area contributed by atoms with E-state index >= 15 is 0 Å². The van der Waals surface area contributed by atoms with Gasteiger partial charge in [0.15, 0.2) is 7.14 Å². The first-order valence-corrected chi connectivity index (χ1v) is 11.4. The summed E-state index contributed by atoms with van der Waals surface area (Å²) in [5, 5.41) is 1.62. The Hall–Kier alpha value is -3.22. The third-order valence-corrected chi connectivity index (χ3v) is 8.14. The van der Waals surface area contributed by atoms with E-state index in [2.05, 4.69) is 0 Å². The highest BCUT2D eigenvalue weighted by molar-refractivity contribution is 7.79. The van der Waals surface area contributed by atoms with E-state index < -0.39 is 12.9 Å². The molecule has 0 saturated carbocycles. The van der Waals surface area contributed by atoms with Gasteiger partial charge in [-0.1, -0.05) is 121 Å². The fraction of sp³-hybridized carbons (Fsp3) is 0.0385. The highest BCUT2D eigenvalue weighted by atomic mass is 31.2. The number of hydrogen-bond acceptors (Lipinski definition) is 2. The van der Waals surface area contributed by atoms with Crippen LogP contribution >= 0.6 is 7.14 Å². The van der Waals surface area contributed by atoms with Gasteiger partial charge < -0.3 is 4.57 Å². The van der Waals surface area contributed by atoms with Crippen molar-refractivity contribution < 1.29 is 4.57 Å². The van der Waals surface area contributed by atoms with E-state index in [0.29, 0.717) is 0 Å². The van der Waals surface area contributed by atoms with Crippen LogP contribution in [0.25, 0.3) is 0 Å². The largest absolute Gasteiger partial charge is 0.311 e. The van der Waals surface area contributed by atoms with Gasteiger partial charge in [-0.3, -0.25) is 4.99 Å². The van der Waals surface area contributed by atoms with Crippen molar-refractivity contribution in [3.05, 3.63) is 132 Å². The van der Waals surface area contributed by atoms with Gasteiger partial charge in [-0.15, -0.1) is 0 Å². The lowest BCUT2D eigenvalue weighted by Crippen LogP contribution is -2.20. The molecule has 0 heterocycles. The van der Waals surface area contributed by atoms with Crippen LogP contribution in [0.15, 0.2) is 126 Å². The van der Waals surface area contributed by atoms with E-state index in [4.69, 9.17) is 4.99 Å². The minimum absolute atomic E-state index is 0.506. The molecule has 0 aliphatic rings. The highest BCUT2D eigenvalue weighted by Crippen LogP contribution is 2.57. The molecule has 0 amide bonds. The van der Waals surface area contributed by atoms with E-state index in [9.17, 15) is 4.57 Å². The van der Waals surface area contributed by atoms with E-state index in [0.717, 1.165) is 21.7 Å². The van der Waals surface area contributed by atoms with Crippen LogP contribution in [-0.2, 0) is 4.57 Å². The zero-order chi connectivity index (χ0) is 19.9. The minimum Gasteiger partial charge on any atom is -0.311 e. The molecule has 0 unspecified atom stereocenters. The van der Waals surface area contributed by atoms with Gasteiger partial charge in [0, 0.05) is 16.8 Å². The Morgan fingerprint density at radius 3 is 1.48 bits per heavy atom. The smallest absolute Gasteiger partial charge is 0.170 e. The number of hydrogen-bond donors (Lipinski definition) is 0. The van der Waals surface area contributed by atoms with Crippen molar-refractivity contribution >= 4 is 24.0 Å². The van der Waals surface area contributed by atoms with Crippen molar-refractivity contribution in [3.63, 3.8) is 0 Å². The van der Waals surface area contributed by atoms with E-state index in [1.165, 1.54) is 0 Å². The molecule has 0 aromatic heterocycles. The van der Waals surface area contributed by atoms with Gasteiger partial charge in [-0.05, 0) is 11.1 Å². The third kappa shape index (κ3) is 4.13. The van der Waals surface area contributed by atoms with Gasteiger partial charge in [0.25, 0.3) is 0 Å². The van der Waals surface area contributed by atoms with E-state index in [1.54, 1.807) is 0 Å². The summed E-state index contributed by atoms with van der Waals surface area (Å²) >= 11 is 0. The Bertz CT molecular complexity index is 1070. The summed E-state index contributed by atoms with van der Waals surface area (Å²) in [6.07, 6.45) is 1.83. The average Bonchev–Trinajstić information content (AvgIpc) is 2.81. The van der Waals surface area contributed by atoms with Gasteiger partial charge in [-0.25, -0.2) is 0 Å². The average molecular weight is 395 g/mol. The topological polar surface area (TPSA) is 29.4 Å². The van der Waals surface area contributed by atoms with Gasteiger partial charge in [0.1, 0.15) is 5.78 Å². The third-order valence-electron chi connectivity index (χ3n) is 4.89. The van der Waals surface area contributed by atoms with Crippen molar-refractivity contribution in [3.8, 4) is 0 Å². The van der Waals surface area contributed by atoms with Crippen LogP contribution in [0, 0.1) is 0 Å². The number of aliphatic imine (C=N–C) groups is 1. The summed E-state index contributed by atoms with van der Waals surface area (Å²) in [6, 6.07) is 39.3. The van der Waals surface area contributed by atoms with Gasteiger partial charge in [-0.2, -0.15) is 0 Å². The van der Waals surface area contributed by atoms with E-state index in [-0.39, 0.29) is 0 Å². The fourth-order valence-electron chi connectivity index (χ4n) is 3.44. The Kier molecular flexibility index (Phi) is 5.84. The maximum atomic E-state index is 14.8. The molecule has 29 heavy (non-hydrogen) atoms. The Labute approximate surface area is 172 Å². The second-order valence-corrected chi connectivity index (χ2v) is 9.64. The van der Waals surface area contributed by atoms with Gasteiger partial charge in [0.05, 0.1) is 0 Å². The summed E-state index contributed by atoms with van der Waals surface area (Å²) in [4.78, 5) is 4.90. The molecule has 0 bridgehead atoms. The van der Waals surface area contributed by atoms with Crippen molar-refractivity contribution in [1.29, 1.82) is 0 Å². The fourth-order valence-corrected chi connectivity index (χ4v) is 6.38. The maximum absolute atomic E-state index is 14.8. The maximum Gasteiger partial charge on any atom is 0.170 e. The zero-order valence-corrected chi connectivity index (χ0v) is 16.9. The summed E-state index contributed by atoms with van der Waals surface area (Å²) in [5.74, 6) is -0.506. The molecule has 0 aliphatic heterocycles. The van der Waals surface area contributed by atoms with Crippen LogP contribution in [0.5, 0.6) is 0 Å². The zero-order valence-electron chi connectivity index (χ0n) is 16.0. The lowest BCUT2D eigenvalue weighted by atomic mass is 10.2. The van der Waals surface area contributed by atoms with Crippen LogP contribution in [0.3, 0.4) is 0 Å². The molecular weight excluding hydrogens is 373 g/mol. The van der Waals surface area contributed by atoms with Crippen molar-refractivity contribution in [2.75, 3.05) is 0 Å². The molecule has 0 fully saturated rings. The van der Waals surface area contributed by atoms with Crippen LogP contribution in [0.2, 0.25) is 0 Å². The van der Waals surface area contributed by atoms with Gasteiger partial charge >= 0.3 is 0 Å². The molecule has 142 valence electrons. The van der Waals surface area contributed by atoms with Crippen molar-refractivity contribution in [2.24, 2.45) is 4.99 Å². The van der Waals surface area contributed by atoms with Crippen molar-refractivity contribution in [2.45, 2.75) is 5.78 Å². The summed E-state index contributed by atoms with van der Waals surface area (Å²) in [7, 11) is -3.09. The molecule has 0 N–H and O–H groups in total. The molecular formula is C26H22NOP. The molecule has 0 saturated heterocycles. The molecule has 0 spiro atoms. The molecule has 1 atom stereocenters. The van der Waals surface area contributed by atoms with E-state index in [1.807, 2.05) is 128 Å². The van der Waals surface area contributed by atoms with Gasteiger partial charge in [0.2, 0.25) is 0 Å². The van der Waals surface area contributed by atoms with Crippen LogP contribution in [0.1, 0.15) is 16.9 Å². The number of rotatable bonds is 6. The molecule has 4 aromatic carbocycles. The van der Waals surface area contributed by atoms with Crippen LogP contribution in [-0.4, -0.2) is 6.21 Å². The summed E-state index contributed by atoms with van der Waals surface area (Å²) in [6.45, 7) is 0. The number of benzene rings is 4. The lowest BCUT2D eigenvalue weighted by Gasteiger charge is -2.26. The predicted octanol–water partition coefficient (Wildman–Crippen LogP) is 5.82. The molecule has 4 aromatic rings. The first kappa shape index (κ1) is 19.1. The van der Waals surface area contributed by atoms with Crippen LogP contribution in [0.4, 0.5) is 0 Å². The summed E-state index contributed by atoms with van der Waals surface area (Å²) < 4.78 is 14.8. The molecule has 3 heteroatoms. The Balaban J connectivity index is 1.92. The molecule has 2 nitrogen and oxygen atoms in total. The minimum atomic E-state index is -3.09. The normalized spacial score (nSPS) is 12.7. The SMILES string of the molecule is O=P(c1ccccc1)(c1ccccc1)[C@H](N=Cc1ccccc1)c1ccccc1. The quantitative estimate of drug-likeness (QED) is 0.299. The Morgan fingerprint density at radius 1 is 0.586 bits per heavy atom. The second-order valence-electron chi connectivity index (χ2n) is 6.80. The molecule has 0 aliphatic carbocycles. The predicted molar refractivity (Wildman–Crippen MR) is 123 cm³/mol. The van der Waals surface area contributed by atoms with Crippen LogP contribution < -0.4 is 10.6 Å². The first-order chi connectivity index (χ1) is 14.3. The Morgan fingerprint density at radius 2 is 1.00 bits per heavy atom. The molecule has 4 rings (SSSR count). The monoisotopic (exact) mass is 395 g/mol. The molecule has 0 radical (unpaired) electrons. The van der Waals surface area contributed by atoms with Crippen molar-refractivity contribution in [1.82, 2.24) is 0 Å². The summed E-state index contributed by atoms with van der Waals surface area (Å²) in [5.41, 5.74) is 1.93. The first-order valence-electron chi connectivity index (χ1n) is 9.62.